The van der Waals surface area contributed by atoms with E-state index in [1.54, 1.807) is 12.1 Å². The Balaban J connectivity index is 1.32. The van der Waals surface area contributed by atoms with E-state index in [-0.39, 0.29) is 46.0 Å². The number of fused-ring (bicyclic) bond motifs is 4. The number of hydrogen-bond donors (Lipinski definition) is 1. The number of aryl methyl sites for hydroxylation is 1. The van der Waals surface area contributed by atoms with Gasteiger partial charge in [0.25, 0.3) is 0 Å². The lowest BCUT2D eigenvalue weighted by molar-refractivity contribution is 0.107. The molecule has 1 atom stereocenters. The zero-order valence-electron chi connectivity index (χ0n) is 26.7. The fraction of sp³-hybridized carbons (Fsp3) is 0.514. The van der Waals surface area contributed by atoms with Gasteiger partial charge in [0.05, 0.1) is 11.6 Å². The summed E-state index contributed by atoms with van der Waals surface area (Å²) >= 11 is 0. The molecule has 0 aliphatic carbocycles. The lowest BCUT2D eigenvalue weighted by atomic mass is 9.94. The van der Waals surface area contributed by atoms with Crippen molar-refractivity contribution in [3.63, 3.8) is 0 Å². The molecule has 11 heteroatoms. The highest BCUT2D eigenvalue weighted by molar-refractivity contribution is 6.03. The number of anilines is 1. The van der Waals surface area contributed by atoms with Crippen molar-refractivity contribution in [1.29, 1.82) is 0 Å². The van der Waals surface area contributed by atoms with Crippen LogP contribution in [0.3, 0.4) is 0 Å². The number of ether oxygens (including phenoxy) is 2. The molecule has 4 aliphatic rings. The molecule has 3 fully saturated rings. The maximum absolute atomic E-state index is 17.1. The van der Waals surface area contributed by atoms with E-state index >= 15 is 8.78 Å². The van der Waals surface area contributed by atoms with Gasteiger partial charge >= 0.3 is 6.01 Å². The van der Waals surface area contributed by atoms with Crippen molar-refractivity contribution < 1.29 is 23.4 Å². The maximum atomic E-state index is 17.1. The number of benzene rings is 2. The van der Waals surface area contributed by atoms with Crippen molar-refractivity contribution in [3.05, 3.63) is 41.5 Å². The monoisotopic (exact) mass is 630 g/mol. The van der Waals surface area contributed by atoms with E-state index in [0.29, 0.717) is 59.8 Å². The second-order valence-electron chi connectivity index (χ2n) is 13.6. The lowest BCUT2D eigenvalue weighted by Gasteiger charge is -2.42. The second kappa shape index (κ2) is 11.2. The number of halogens is 2. The molecule has 0 radical (unpaired) electrons. The van der Waals surface area contributed by atoms with Gasteiger partial charge in [-0.25, -0.2) is 13.8 Å². The molecule has 242 valence electrons. The minimum Gasteiger partial charge on any atom is -0.508 e. The summed E-state index contributed by atoms with van der Waals surface area (Å²) in [4.78, 5) is 21.5. The number of phenols is 1. The minimum atomic E-state index is -0.685. The zero-order valence-corrected chi connectivity index (χ0v) is 26.7. The van der Waals surface area contributed by atoms with Crippen molar-refractivity contribution in [3.8, 4) is 28.9 Å². The summed E-state index contributed by atoms with van der Waals surface area (Å²) in [7, 11) is 0. The Hall–Kier alpha value is -3.83. The molecular weight excluding hydrogens is 590 g/mol. The molecule has 9 nitrogen and oxygen atoms in total. The first kappa shape index (κ1) is 29.6. The Kier molecular flexibility index (Phi) is 7.17. The van der Waals surface area contributed by atoms with Gasteiger partial charge in [0.15, 0.2) is 5.82 Å². The quantitative estimate of drug-likeness (QED) is 0.289. The molecule has 0 bridgehead atoms. The molecule has 2 aromatic heterocycles. The van der Waals surface area contributed by atoms with Crippen LogP contribution in [0.4, 0.5) is 14.6 Å². The molecule has 46 heavy (non-hydrogen) atoms. The summed E-state index contributed by atoms with van der Waals surface area (Å²) in [5.74, 6) is -0.362. The molecule has 1 N–H and O–H groups in total. The first-order valence-corrected chi connectivity index (χ1v) is 16.6. The summed E-state index contributed by atoms with van der Waals surface area (Å²) in [5.41, 5.74) is 0.669. The number of aromatic hydroxyl groups is 1. The third kappa shape index (κ3) is 4.65. The smallest absolute Gasteiger partial charge is 0.319 e. The molecule has 0 saturated carbocycles. The Morgan fingerprint density at radius 1 is 1.04 bits per heavy atom. The zero-order chi connectivity index (χ0) is 31.7. The average Bonchev–Trinajstić information content (AvgIpc) is 3.59. The predicted molar refractivity (Wildman–Crippen MR) is 173 cm³/mol. The van der Waals surface area contributed by atoms with Crippen LogP contribution in [-0.2, 0) is 6.42 Å². The van der Waals surface area contributed by atoms with Gasteiger partial charge in [-0.05, 0) is 93.6 Å². The highest BCUT2D eigenvalue weighted by Crippen LogP contribution is 2.44. The normalized spacial score (nSPS) is 21.1. The number of nitrogens with zero attached hydrogens (tertiary/aromatic N) is 6. The lowest BCUT2D eigenvalue weighted by Crippen LogP contribution is -2.57. The summed E-state index contributed by atoms with van der Waals surface area (Å²) in [5, 5.41) is 12.2. The van der Waals surface area contributed by atoms with Crippen molar-refractivity contribution in [2.45, 2.75) is 70.5 Å². The number of aromatic nitrogens is 3. The summed E-state index contributed by atoms with van der Waals surface area (Å²) < 4.78 is 44.9. The van der Waals surface area contributed by atoms with Gasteiger partial charge in [-0.1, -0.05) is 13.0 Å². The Morgan fingerprint density at radius 2 is 1.85 bits per heavy atom. The Bertz CT molecular complexity index is 1840. The predicted octanol–water partition coefficient (Wildman–Crippen LogP) is 5.69. The Morgan fingerprint density at radius 3 is 2.61 bits per heavy atom. The Labute approximate surface area is 267 Å². The number of phenolic OH excluding ortho intramolecular Hbond substituents is 1. The van der Waals surface area contributed by atoms with Crippen molar-refractivity contribution in [2.75, 3.05) is 50.8 Å². The topological polar surface area (TPSA) is 87.1 Å². The summed E-state index contributed by atoms with van der Waals surface area (Å²) in [6, 6.07) is 6.43. The highest BCUT2D eigenvalue weighted by atomic mass is 19.1. The van der Waals surface area contributed by atoms with Crippen LogP contribution in [0.2, 0.25) is 0 Å². The summed E-state index contributed by atoms with van der Waals surface area (Å²) in [6.07, 6.45) is 4.78. The molecule has 4 aromatic rings. The maximum Gasteiger partial charge on any atom is 0.319 e. The van der Waals surface area contributed by atoms with Crippen molar-refractivity contribution in [1.82, 2.24) is 24.8 Å². The van der Waals surface area contributed by atoms with E-state index in [9.17, 15) is 5.11 Å². The largest absolute Gasteiger partial charge is 0.508 e. The first-order chi connectivity index (χ1) is 22.3. The van der Waals surface area contributed by atoms with E-state index in [1.165, 1.54) is 12.1 Å². The van der Waals surface area contributed by atoms with Crippen LogP contribution >= 0.6 is 0 Å². The van der Waals surface area contributed by atoms with Crippen molar-refractivity contribution in [2.24, 2.45) is 0 Å². The minimum absolute atomic E-state index is 0.0325. The standard InChI is InChI=1S/C35H40F2N6O3/c1-4-24-26(36)8-7-21-15-23(44)16-25(27(21)24)30-29(37)31-28-32(40-34(39-31)46-19-35-9-5-11-42(35)12-6-10-35)43-14-13-41(20(2)3)17-22(43)18-45-33(28)38-30/h7-8,15-16,20,22,44H,4-6,9-14,17-19H2,1-3H3/t22-/m0/s1. The number of hydrogen-bond acceptors (Lipinski definition) is 9. The van der Waals surface area contributed by atoms with Crippen LogP contribution in [0.5, 0.6) is 17.6 Å². The third-order valence-corrected chi connectivity index (χ3v) is 10.7. The molecule has 8 rings (SSSR count). The van der Waals surface area contributed by atoms with Gasteiger partial charge in [0.1, 0.15) is 47.2 Å². The molecular formula is C35H40F2N6O3. The van der Waals surface area contributed by atoms with Crippen LogP contribution in [0.15, 0.2) is 24.3 Å². The molecule has 3 saturated heterocycles. The number of piperazine rings is 1. The van der Waals surface area contributed by atoms with Gasteiger partial charge in [0, 0.05) is 31.2 Å². The average molecular weight is 631 g/mol. The molecule has 4 aliphatic heterocycles. The van der Waals surface area contributed by atoms with E-state index < -0.39 is 11.6 Å². The molecule has 0 amide bonds. The molecule has 6 heterocycles. The van der Waals surface area contributed by atoms with E-state index in [4.69, 9.17) is 24.4 Å². The van der Waals surface area contributed by atoms with E-state index in [2.05, 4.69) is 28.5 Å². The van der Waals surface area contributed by atoms with Crippen LogP contribution < -0.4 is 14.4 Å². The molecule has 0 spiro atoms. The van der Waals surface area contributed by atoms with Gasteiger partial charge in [0.2, 0.25) is 5.88 Å². The van der Waals surface area contributed by atoms with E-state index in [0.717, 1.165) is 51.9 Å². The van der Waals surface area contributed by atoms with Gasteiger partial charge in [-0.2, -0.15) is 9.97 Å². The second-order valence-corrected chi connectivity index (χ2v) is 13.6. The summed E-state index contributed by atoms with van der Waals surface area (Å²) in [6.45, 7) is 11.4. The van der Waals surface area contributed by atoms with Gasteiger partial charge in [-0.3, -0.25) is 9.80 Å². The van der Waals surface area contributed by atoms with Crippen LogP contribution in [0.25, 0.3) is 32.9 Å². The number of pyridine rings is 1. The van der Waals surface area contributed by atoms with Gasteiger partial charge in [-0.15, -0.1) is 0 Å². The fourth-order valence-corrected chi connectivity index (χ4v) is 8.30. The van der Waals surface area contributed by atoms with Gasteiger partial charge < -0.3 is 19.5 Å². The first-order valence-electron chi connectivity index (χ1n) is 16.6. The molecule has 2 aromatic carbocycles. The van der Waals surface area contributed by atoms with Crippen molar-refractivity contribution >= 4 is 27.5 Å². The fourth-order valence-electron chi connectivity index (χ4n) is 8.30. The highest BCUT2D eigenvalue weighted by Gasteiger charge is 2.45. The SMILES string of the molecule is CCc1c(F)ccc2cc(O)cc(-c3nc4c5c(nc(OCC67CCCN6CCC7)nc5c3F)N3CCN(C(C)C)C[C@H]3CO4)c12. The van der Waals surface area contributed by atoms with Crippen LogP contribution in [0.1, 0.15) is 52.0 Å². The van der Waals surface area contributed by atoms with Crippen LogP contribution in [-0.4, -0.2) is 93.4 Å². The number of rotatable bonds is 6. The molecule has 0 unspecified atom stereocenters. The third-order valence-electron chi connectivity index (χ3n) is 10.7. The van der Waals surface area contributed by atoms with Crippen LogP contribution in [0, 0.1) is 11.6 Å². The van der Waals surface area contributed by atoms with E-state index in [1.807, 2.05) is 6.92 Å².